The number of rotatable bonds is 3. The predicted molar refractivity (Wildman–Crippen MR) is 76.4 cm³/mol. The van der Waals surface area contributed by atoms with Gasteiger partial charge in [-0.25, -0.2) is 15.0 Å². The van der Waals surface area contributed by atoms with Gasteiger partial charge in [-0.15, -0.1) is 0 Å². The molecule has 0 unspecified atom stereocenters. The molecule has 7 nitrogen and oxygen atoms in total. The van der Waals surface area contributed by atoms with Gasteiger partial charge in [0.05, 0.1) is 24.4 Å². The highest BCUT2D eigenvalue weighted by Crippen LogP contribution is 2.21. The lowest BCUT2D eigenvalue weighted by Gasteiger charge is -2.22. The number of ether oxygens (including phenoxy) is 1. The molecule has 7 heteroatoms. The fourth-order valence-corrected chi connectivity index (χ4v) is 2.71. The fraction of sp³-hybridized carbons (Fsp3) is 0.429. The van der Waals surface area contributed by atoms with Gasteiger partial charge in [-0.3, -0.25) is 5.10 Å². The zero-order valence-corrected chi connectivity index (χ0v) is 11.6. The first-order valence-electron chi connectivity index (χ1n) is 7.15. The van der Waals surface area contributed by atoms with Crippen molar-refractivity contribution >= 4 is 11.3 Å². The molecule has 4 heterocycles. The minimum absolute atomic E-state index is 0.621. The van der Waals surface area contributed by atoms with Crippen molar-refractivity contribution in [2.45, 2.75) is 19.4 Å². The minimum Gasteiger partial charge on any atom is -0.381 e. The first-order chi connectivity index (χ1) is 10.4. The second kappa shape index (κ2) is 5.25. The first kappa shape index (κ1) is 12.5. The Kier molecular flexibility index (Phi) is 3.11. The summed E-state index contributed by atoms with van der Waals surface area (Å²) in [6, 6.07) is 0. The van der Waals surface area contributed by atoms with Gasteiger partial charge in [-0.2, -0.15) is 5.10 Å². The van der Waals surface area contributed by atoms with Crippen LogP contribution in [0.25, 0.3) is 22.6 Å². The molecule has 0 spiro atoms. The molecule has 0 amide bonds. The summed E-state index contributed by atoms with van der Waals surface area (Å²) in [6.45, 7) is 2.62. The van der Waals surface area contributed by atoms with E-state index in [-0.39, 0.29) is 0 Å². The van der Waals surface area contributed by atoms with Crippen LogP contribution in [0.1, 0.15) is 12.8 Å². The van der Waals surface area contributed by atoms with Crippen molar-refractivity contribution in [2.24, 2.45) is 5.92 Å². The van der Waals surface area contributed by atoms with E-state index in [1.54, 1.807) is 12.4 Å². The van der Waals surface area contributed by atoms with E-state index in [1.165, 1.54) is 0 Å². The van der Waals surface area contributed by atoms with E-state index in [2.05, 4.69) is 29.7 Å². The summed E-state index contributed by atoms with van der Waals surface area (Å²) in [6.07, 6.45) is 9.31. The molecule has 1 fully saturated rings. The molecule has 0 saturated carbocycles. The number of hydrogen-bond donors (Lipinski definition) is 1. The molecule has 108 valence electrons. The summed E-state index contributed by atoms with van der Waals surface area (Å²) >= 11 is 0. The van der Waals surface area contributed by atoms with E-state index < -0.39 is 0 Å². The standard InChI is InChI=1S/C14H16N6O/c1-3-21-4-2-10(1)8-20-9-16-13-14(20)19-12(7-15-13)11-5-17-18-6-11/h5-7,9-10H,1-4,8H2,(H,17,18). The Labute approximate surface area is 121 Å². The van der Waals surface area contributed by atoms with Crippen molar-refractivity contribution < 1.29 is 4.74 Å². The molecule has 21 heavy (non-hydrogen) atoms. The van der Waals surface area contributed by atoms with Crippen LogP contribution in [0.4, 0.5) is 0 Å². The highest BCUT2D eigenvalue weighted by atomic mass is 16.5. The molecule has 1 saturated heterocycles. The topological polar surface area (TPSA) is 81.5 Å². The van der Waals surface area contributed by atoms with E-state index in [0.29, 0.717) is 11.6 Å². The van der Waals surface area contributed by atoms with Gasteiger partial charge in [0.2, 0.25) is 0 Å². The largest absolute Gasteiger partial charge is 0.381 e. The Hall–Kier alpha value is -2.28. The molecule has 1 aliphatic heterocycles. The summed E-state index contributed by atoms with van der Waals surface area (Å²) < 4.78 is 7.51. The van der Waals surface area contributed by atoms with Crippen LogP contribution in [0, 0.1) is 5.92 Å². The van der Waals surface area contributed by atoms with E-state index >= 15 is 0 Å². The van der Waals surface area contributed by atoms with E-state index in [4.69, 9.17) is 4.74 Å². The van der Waals surface area contributed by atoms with Gasteiger partial charge in [0.25, 0.3) is 0 Å². The maximum absolute atomic E-state index is 5.41. The van der Waals surface area contributed by atoms with Crippen molar-refractivity contribution in [3.05, 3.63) is 24.9 Å². The molecule has 0 bridgehead atoms. The van der Waals surface area contributed by atoms with Crippen molar-refractivity contribution in [1.82, 2.24) is 29.7 Å². The summed E-state index contributed by atoms with van der Waals surface area (Å²) in [5.41, 5.74) is 3.27. The van der Waals surface area contributed by atoms with Crippen LogP contribution in [-0.2, 0) is 11.3 Å². The summed E-state index contributed by atoms with van der Waals surface area (Å²) in [5, 5.41) is 6.75. The SMILES string of the molecule is c1n[nH]cc1-c1cnc2ncn(CC3CCOCC3)c2n1. The third-order valence-electron chi connectivity index (χ3n) is 3.92. The summed E-state index contributed by atoms with van der Waals surface area (Å²) in [7, 11) is 0. The number of fused-ring (bicyclic) bond motifs is 1. The van der Waals surface area contributed by atoms with Gasteiger partial charge in [-0.1, -0.05) is 0 Å². The second-order valence-electron chi connectivity index (χ2n) is 5.34. The Morgan fingerprint density at radius 3 is 2.95 bits per heavy atom. The number of aromatic nitrogens is 6. The van der Waals surface area contributed by atoms with Crippen LogP contribution in [0.2, 0.25) is 0 Å². The maximum atomic E-state index is 5.41. The third-order valence-corrected chi connectivity index (χ3v) is 3.92. The van der Waals surface area contributed by atoms with Crippen LogP contribution in [0.3, 0.4) is 0 Å². The Morgan fingerprint density at radius 2 is 2.14 bits per heavy atom. The average Bonchev–Trinajstić information content (AvgIpc) is 3.18. The molecule has 0 radical (unpaired) electrons. The molecular formula is C14H16N6O. The van der Waals surface area contributed by atoms with Gasteiger partial charge in [0.15, 0.2) is 11.3 Å². The number of nitrogens with one attached hydrogen (secondary N) is 1. The smallest absolute Gasteiger partial charge is 0.197 e. The minimum atomic E-state index is 0.621. The van der Waals surface area contributed by atoms with Crippen LogP contribution in [-0.4, -0.2) is 42.9 Å². The lowest BCUT2D eigenvalue weighted by molar-refractivity contribution is 0.0615. The number of H-pyrrole nitrogens is 1. The van der Waals surface area contributed by atoms with Gasteiger partial charge in [0.1, 0.15) is 0 Å². The van der Waals surface area contributed by atoms with Crippen molar-refractivity contribution in [3.8, 4) is 11.3 Å². The quantitative estimate of drug-likeness (QED) is 0.790. The maximum Gasteiger partial charge on any atom is 0.197 e. The molecule has 1 N–H and O–H groups in total. The molecule has 3 aromatic heterocycles. The zero-order valence-electron chi connectivity index (χ0n) is 11.6. The summed E-state index contributed by atoms with van der Waals surface area (Å²) in [5.74, 6) is 0.621. The molecule has 1 aliphatic rings. The monoisotopic (exact) mass is 284 g/mol. The van der Waals surface area contributed by atoms with Crippen molar-refractivity contribution in [1.29, 1.82) is 0 Å². The number of imidazole rings is 1. The van der Waals surface area contributed by atoms with Gasteiger partial charge < -0.3 is 9.30 Å². The molecular weight excluding hydrogens is 268 g/mol. The van der Waals surface area contributed by atoms with E-state index in [9.17, 15) is 0 Å². The highest BCUT2D eigenvalue weighted by Gasteiger charge is 2.16. The normalized spacial score (nSPS) is 16.6. The molecule has 0 atom stereocenters. The van der Waals surface area contributed by atoms with E-state index in [1.807, 2.05) is 12.5 Å². The number of aromatic amines is 1. The van der Waals surface area contributed by atoms with Crippen molar-refractivity contribution in [3.63, 3.8) is 0 Å². The molecule has 0 aliphatic carbocycles. The van der Waals surface area contributed by atoms with Gasteiger partial charge >= 0.3 is 0 Å². The lowest BCUT2D eigenvalue weighted by Crippen LogP contribution is -2.20. The predicted octanol–water partition coefficient (Wildman–Crippen LogP) is 1.64. The number of hydrogen-bond acceptors (Lipinski definition) is 5. The molecule has 4 rings (SSSR count). The Bertz CT molecular complexity index is 729. The van der Waals surface area contributed by atoms with Gasteiger partial charge in [0, 0.05) is 31.5 Å². The number of nitrogens with zero attached hydrogens (tertiary/aromatic N) is 5. The lowest BCUT2D eigenvalue weighted by atomic mass is 10.0. The van der Waals surface area contributed by atoms with Crippen LogP contribution >= 0.6 is 0 Å². The fourth-order valence-electron chi connectivity index (χ4n) is 2.71. The Morgan fingerprint density at radius 1 is 1.24 bits per heavy atom. The average molecular weight is 284 g/mol. The zero-order chi connectivity index (χ0) is 14.1. The third kappa shape index (κ3) is 2.40. The van der Waals surface area contributed by atoms with Crippen LogP contribution < -0.4 is 0 Å². The molecule has 0 aromatic carbocycles. The van der Waals surface area contributed by atoms with Crippen LogP contribution in [0.15, 0.2) is 24.9 Å². The molecule has 3 aromatic rings. The second-order valence-corrected chi connectivity index (χ2v) is 5.34. The first-order valence-corrected chi connectivity index (χ1v) is 7.15. The van der Waals surface area contributed by atoms with Crippen molar-refractivity contribution in [2.75, 3.05) is 13.2 Å². The van der Waals surface area contributed by atoms with E-state index in [0.717, 1.165) is 49.5 Å². The Balaban J connectivity index is 1.67. The van der Waals surface area contributed by atoms with Gasteiger partial charge in [-0.05, 0) is 18.8 Å². The van der Waals surface area contributed by atoms with Crippen LogP contribution in [0.5, 0.6) is 0 Å². The highest BCUT2D eigenvalue weighted by molar-refractivity contribution is 5.70. The summed E-state index contributed by atoms with van der Waals surface area (Å²) in [4.78, 5) is 13.4.